The Morgan fingerprint density at radius 3 is 2.83 bits per heavy atom. The molecule has 96 valence electrons. The smallest absolute Gasteiger partial charge is 0.136 e. The molecule has 1 aromatic rings. The third-order valence-electron chi connectivity index (χ3n) is 4.22. The molecule has 0 saturated carbocycles. The number of ketones is 1. The maximum atomic E-state index is 11.9. The summed E-state index contributed by atoms with van der Waals surface area (Å²) >= 11 is 6.30. The first-order valence-electron chi connectivity index (χ1n) is 6.77. The topological polar surface area (TPSA) is 20.3 Å². The summed E-state index contributed by atoms with van der Waals surface area (Å²) in [6, 6.07) is 8.60. The third kappa shape index (κ3) is 2.19. The first-order valence-corrected chi connectivity index (χ1v) is 7.15. The lowest BCUT2D eigenvalue weighted by Crippen LogP contribution is -2.47. The SMILES string of the molecule is O=C1CC2CCCCN2C(c2ccccc2Cl)C1. The van der Waals surface area contributed by atoms with Gasteiger partial charge in [-0.25, -0.2) is 0 Å². The number of nitrogens with zero attached hydrogens (tertiary/aromatic N) is 1. The maximum absolute atomic E-state index is 11.9. The third-order valence-corrected chi connectivity index (χ3v) is 4.57. The summed E-state index contributed by atoms with van der Waals surface area (Å²) in [5.74, 6) is 0.392. The molecule has 2 aliphatic rings. The molecule has 0 amide bonds. The molecule has 0 spiro atoms. The number of hydrogen-bond acceptors (Lipinski definition) is 2. The molecule has 0 aromatic heterocycles. The molecule has 18 heavy (non-hydrogen) atoms. The normalized spacial score (nSPS) is 29.1. The minimum Gasteiger partial charge on any atom is -0.300 e. The van der Waals surface area contributed by atoms with Crippen LogP contribution in [0.1, 0.15) is 43.7 Å². The Kier molecular flexibility index (Phi) is 3.40. The Hall–Kier alpha value is -0.860. The van der Waals surface area contributed by atoms with Gasteiger partial charge in [0.15, 0.2) is 0 Å². The number of hydrogen-bond donors (Lipinski definition) is 0. The standard InChI is InChI=1S/C15H18ClNO/c16-14-7-2-1-6-13(14)15-10-12(18)9-11-5-3-4-8-17(11)15/h1-2,6-7,11,15H,3-5,8-10H2. The van der Waals surface area contributed by atoms with Gasteiger partial charge in [-0.1, -0.05) is 36.2 Å². The molecule has 2 nitrogen and oxygen atoms in total. The van der Waals surface area contributed by atoms with E-state index in [1.807, 2.05) is 18.2 Å². The Labute approximate surface area is 113 Å². The zero-order valence-electron chi connectivity index (χ0n) is 10.4. The fourth-order valence-electron chi connectivity index (χ4n) is 3.37. The van der Waals surface area contributed by atoms with Crippen LogP contribution in [0, 0.1) is 0 Å². The van der Waals surface area contributed by atoms with Gasteiger partial charge in [0.05, 0.1) is 0 Å². The predicted molar refractivity (Wildman–Crippen MR) is 72.8 cm³/mol. The summed E-state index contributed by atoms with van der Waals surface area (Å²) in [7, 11) is 0. The van der Waals surface area contributed by atoms with Crippen molar-refractivity contribution in [2.45, 2.75) is 44.2 Å². The highest BCUT2D eigenvalue weighted by Crippen LogP contribution is 2.39. The van der Waals surface area contributed by atoms with Gasteiger partial charge in [-0.15, -0.1) is 0 Å². The lowest BCUT2D eigenvalue weighted by molar-refractivity contribution is -0.126. The van der Waals surface area contributed by atoms with Crippen LogP contribution in [-0.2, 0) is 4.79 Å². The van der Waals surface area contributed by atoms with E-state index in [1.54, 1.807) is 0 Å². The number of rotatable bonds is 1. The molecule has 3 rings (SSSR count). The fourth-order valence-corrected chi connectivity index (χ4v) is 3.63. The molecule has 2 unspecified atom stereocenters. The van der Waals surface area contributed by atoms with Crippen LogP contribution in [0.4, 0.5) is 0 Å². The average molecular weight is 264 g/mol. The van der Waals surface area contributed by atoms with Gasteiger partial charge in [0, 0.05) is 29.9 Å². The molecule has 3 heteroatoms. The van der Waals surface area contributed by atoms with Crippen LogP contribution in [0.2, 0.25) is 5.02 Å². The van der Waals surface area contributed by atoms with E-state index in [0.29, 0.717) is 18.2 Å². The quantitative estimate of drug-likeness (QED) is 0.772. The highest BCUT2D eigenvalue weighted by molar-refractivity contribution is 6.31. The van der Waals surface area contributed by atoms with E-state index in [0.717, 1.165) is 30.0 Å². The molecule has 0 N–H and O–H groups in total. The van der Waals surface area contributed by atoms with Crippen molar-refractivity contribution in [3.05, 3.63) is 34.9 Å². The lowest BCUT2D eigenvalue weighted by Gasteiger charge is -2.44. The van der Waals surface area contributed by atoms with Crippen molar-refractivity contribution >= 4 is 17.4 Å². The first-order chi connectivity index (χ1) is 8.75. The monoisotopic (exact) mass is 263 g/mol. The number of benzene rings is 1. The van der Waals surface area contributed by atoms with Gasteiger partial charge in [-0.2, -0.15) is 0 Å². The van der Waals surface area contributed by atoms with Gasteiger partial charge in [-0.05, 0) is 31.0 Å². The van der Waals surface area contributed by atoms with Crippen molar-refractivity contribution in [3.8, 4) is 0 Å². The molecular formula is C15H18ClNO. The number of piperidine rings is 2. The van der Waals surface area contributed by atoms with Crippen molar-refractivity contribution in [1.82, 2.24) is 4.90 Å². The van der Waals surface area contributed by atoms with Gasteiger partial charge >= 0.3 is 0 Å². The molecule has 2 heterocycles. The number of carbonyl (C=O) groups excluding carboxylic acids is 1. The van der Waals surface area contributed by atoms with Crippen LogP contribution >= 0.6 is 11.6 Å². The van der Waals surface area contributed by atoms with Crippen molar-refractivity contribution < 1.29 is 4.79 Å². The van der Waals surface area contributed by atoms with Crippen LogP contribution in [0.5, 0.6) is 0 Å². The van der Waals surface area contributed by atoms with Crippen molar-refractivity contribution in [2.75, 3.05) is 6.54 Å². The average Bonchev–Trinajstić information content (AvgIpc) is 2.38. The van der Waals surface area contributed by atoms with E-state index >= 15 is 0 Å². The molecular weight excluding hydrogens is 246 g/mol. The van der Waals surface area contributed by atoms with Crippen molar-refractivity contribution in [3.63, 3.8) is 0 Å². The zero-order chi connectivity index (χ0) is 12.5. The predicted octanol–water partition coefficient (Wildman–Crippen LogP) is 3.60. The summed E-state index contributed by atoms with van der Waals surface area (Å²) in [6.07, 6.45) is 5.02. The molecule has 2 atom stereocenters. The summed E-state index contributed by atoms with van der Waals surface area (Å²) in [6.45, 7) is 1.10. The van der Waals surface area contributed by atoms with Gasteiger partial charge < -0.3 is 0 Å². The number of halogens is 1. The van der Waals surface area contributed by atoms with E-state index < -0.39 is 0 Å². The van der Waals surface area contributed by atoms with Crippen LogP contribution < -0.4 is 0 Å². The van der Waals surface area contributed by atoms with Gasteiger partial charge in [0.25, 0.3) is 0 Å². The Morgan fingerprint density at radius 2 is 2.00 bits per heavy atom. The van der Waals surface area contributed by atoms with Gasteiger partial charge in [-0.3, -0.25) is 9.69 Å². The molecule has 1 aromatic carbocycles. The molecule has 2 aliphatic heterocycles. The summed E-state index contributed by atoms with van der Waals surface area (Å²) in [4.78, 5) is 14.4. The second-order valence-electron chi connectivity index (χ2n) is 5.37. The zero-order valence-corrected chi connectivity index (χ0v) is 11.2. The number of fused-ring (bicyclic) bond motifs is 1. The Morgan fingerprint density at radius 1 is 1.17 bits per heavy atom. The van der Waals surface area contributed by atoms with Crippen LogP contribution in [-0.4, -0.2) is 23.3 Å². The van der Waals surface area contributed by atoms with Gasteiger partial charge in [0.2, 0.25) is 0 Å². The minimum absolute atomic E-state index is 0.199. The van der Waals surface area contributed by atoms with Gasteiger partial charge in [0.1, 0.15) is 5.78 Å². The second kappa shape index (κ2) is 5.02. The molecule has 0 radical (unpaired) electrons. The highest BCUT2D eigenvalue weighted by Gasteiger charge is 2.37. The largest absolute Gasteiger partial charge is 0.300 e. The molecule has 0 aliphatic carbocycles. The molecule has 2 fully saturated rings. The molecule has 0 bridgehead atoms. The van der Waals surface area contributed by atoms with Crippen LogP contribution in [0.25, 0.3) is 0 Å². The van der Waals surface area contributed by atoms with E-state index in [-0.39, 0.29) is 6.04 Å². The van der Waals surface area contributed by atoms with Crippen LogP contribution in [0.15, 0.2) is 24.3 Å². The van der Waals surface area contributed by atoms with Crippen molar-refractivity contribution in [2.24, 2.45) is 0 Å². The van der Waals surface area contributed by atoms with E-state index in [4.69, 9.17) is 11.6 Å². The molecule has 2 saturated heterocycles. The highest BCUT2D eigenvalue weighted by atomic mass is 35.5. The van der Waals surface area contributed by atoms with Crippen LogP contribution in [0.3, 0.4) is 0 Å². The second-order valence-corrected chi connectivity index (χ2v) is 5.78. The van der Waals surface area contributed by atoms with Crippen molar-refractivity contribution in [1.29, 1.82) is 0 Å². The van der Waals surface area contributed by atoms with E-state index in [9.17, 15) is 4.79 Å². The summed E-state index contributed by atoms with van der Waals surface area (Å²) in [5.41, 5.74) is 1.12. The number of carbonyl (C=O) groups is 1. The Balaban J connectivity index is 1.93. The fraction of sp³-hybridized carbons (Fsp3) is 0.533. The number of Topliss-reactive ketones (excluding diaryl/α,β-unsaturated/α-hetero) is 1. The minimum atomic E-state index is 0.199. The first kappa shape index (κ1) is 12.2. The summed E-state index contributed by atoms with van der Waals surface area (Å²) in [5, 5.41) is 0.793. The lowest BCUT2D eigenvalue weighted by atomic mass is 9.85. The Bertz CT molecular complexity index is 460. The van der Waals surface area contributed by atoms with E-state index in [2.05, 4.69) is 11.0 Å². The maximum Gasteiger partial charge on any atom is 0.136 e. The summed E-state index contributed by atoms with van der Waals surface area (Å²) < 4.78 is 0. The van der Waals surface area contributed by atoms with E-state index in [1.165, 1.54) is 12.8 Å².